The molecule has 22 heavy (non-hydrogen) atoms. The number of hydrogen-bond acceptors (Lipinski definition) is 6. The van der Waals surface area contributed by atoms with Crippen LogP contribution in [-0.2, 0) is 0 Å². The molecule has 4 N–H and O–H groups in total. The topological polar surface area (TPSA) is 111 Å². The number of aliphatic hydroxyl groups is 1. The van der Waals surface area contributed by atoms with Crippen molar-refractivity contribution in [3.05, 3.63) is 46.0 Å². The molecule has 0 aliphatic rings. The molecular formula is C16H16O6. The van der Waals surface area contributed by atoms with Gasteiger partial charge in [0.1, 0.15) is 28.2 Å². The van der Waals surface area contributed by atoms with Crippen LogP contribution in [0, 0.1) is 0 Å². The number of aromatic hydroxyl groups is 3. The maximum Gasteiger partial charge on any atom is 0.238 e. The van der Waals surface area contributed by atoms with Crippen molar-refractivity contribution in [3.8, 4) is 17.2 Å². The minimum atomic E-state index is -0.850. The molecule has 0 radical (unpaired) electrons. The van der Waals surface area contributed by atoms with Crippen LogP contribution in [0.3, 0.4) is 0 Å². The molecular weight excluding hydrogens is 288 g/mol. The van der Waals surface area contributed by atoms with Crippen LogP contribution in [0.15, 0.2) is 39.3 Å². The molecule has 0 atom stereocenters. The highest BCUT2D eigenvalue weighted by atomic mass is 16.4. The maximum absolute atomic E-state index is 12.2. The van der Waals surface area contributed by atoms with Gasteiger partial charge in [0.2, 0.25) is 11.2 Å². The van der Waals surface area contributed by atoms with Crippen molar-refractivity contribution in [3.63, 3.8) is 0 Å². The van der Waals surface area contributed by atoms with Crippen LogP contribution in [0.25, 0.3) is 16.5 Å². The molecule has 2 rings (SSSR count). The van der Waals surface area contributed by atoms with Gasteiger partial charge in [-0.1, -0.05) is 13.0 Å². The lowest BCUT2D eigenvalue weighted by atomic mass is 10.1. The van der Waals surface area contributed by atoms with Crippen molar-refractivity contribution in [1.29, 1.82) is 0 Å². The summed E-state index contributed by atoms with van der Waals surface area (Å²) in [6.45, 7) is 3.43. The van der Waals surface area contributed by atoms with Crippen LogP contribution in [0.2, 0.25) is 0 Å². The van der Waals surface area contributed by atoms with E-state index in [9.17, 15) is 25.2 Å². The third kappa shape index (κ3) is 2.50. The number of rotatable bonds is 3. The Bertz CT molecular complexity index is 842. The Labute approximate surface area is 125 Å². The fourth-order valence-electron chi connectivity index (χ4n) is 2.16. The van der Waals surface area contributed by atoms with E-state index in [2.05, 4.69) is 0 Å². The molecule has 0 aliphatic heterocycles. The zero-order valence-corrected chi connectivity index (χ0v) is 12.1. The zero-order chi connectivity index (χ0) is 16.4. The van der Waals surface area contributed by atoms with E-state index >= 15 is 0 Å². The second kappa shape index (κ2) is 5.85. The first-order chi connectivity index (χ1) is 10.4. The lowest BCUT2D eigenvalue weighted by molar-refractivity contribution is 0.413. The number of allylic oxidation sites excluding steroid dienone is 3. The minimum absolute atomic E-state index is 0.0982. The van der Waals surface area contributed by atoms with E-state index in [4.69, 9.17) is 4.42 Å². The van der Waals surface area contributed by atoms with Crippen molar-refractivity contribution in [1.82, 2.24) is 0 Å². The van der Waals surface area contributed by atoms with Gasteiger partial charge < -0.3 is 24.8 Å². The summed E-state index contributed by atoms with van der Waals surface area (Å²) >= 11 is 0. The number of benzene rings is 1. The summed E-state index contributed by atoms with van der Waals surface area (Å²) in [6.07, 6.45) is 3.52. The lowest BCUT2D eigenvalue weighted by Gasteiger charge is -2.10. The molecule has 6 nitrogen and oxygen atoms in total. The van der Waals surface area contributed by atoms with Crippen molar-refractivity contribution in [2.45, 2.75) is 20.3 Å². The van der Waals surface area contributed by atoms with E-state index in [-0.39, 0.29) is 33.8 Å². The normalized spacial score (nSPS) is 12.8. The Kier molecular flexibility index (Phi) is 4.12. The summed E-state index contributed by atoms with van der Waals surface area (Å²) in [5.74, 6) is -1.89. The quantitative estimate of drug-likeness (QED) is 0.512. The SMILES string of the molecule is C/C=C(\C(O)=C/CC)c1oc2cc(O)cc(O)c2c(=O)c1O. The number of fused-ring (bicyclic) bond motifs is 1. The molecule has 6 heteroatoms. The van der Waals surface area contributed by atoms with Crippen molar-refractivity contribution in [2.24, 2.45) is 0 Å². The number of phenols is 2. The third-order valence-corrected chi connectivity index (χ3v) is 3.14. The van der Waals surface area contributed by atoms with Gasteiger partial charge in [-0.2, -0.15) is 0 Å². The lowest BCUT2D eigenvalue weighted by Crippen LogP contribution is -2.05. The summed E-state index contributed by atoms with van der Waals surface area (Å²) < 4.78 is 5.42. The smallest absolute Gasteiger partial charge is 0.238 e. The Hall–Kier alpha value is -2.89. The molecule has 116 valence electrons. The standard InChI is InChI=1S/C16H16O6/c1-3-5-10(18)9(4-2)16-15(21)14(20)13-11(19)6-8(17)7-12(13)22-16/h4-7,17-19,21H,3H2,1-2H3/b9-4+,10-5+. The average Bonchev–Trinajstić information content (AvgIpc) is 2.44. The van der Waals surface area contributed by atoms with Gasteiger partial charge in [-0.25, -0.2) is 0 Å². The number of aliphatic hydroxyl groups excluding tert-OH is 1. The molecule has 0 saturated heterocycles. The average molecular weight is 304 g/mol. The number of phenolic OH excluding ortho intramolecular Hbond substituents is 2. The van der Waals surface area contributed by atoms with Crippen molar-refractivity contribution >= 4 is 16.5 Å². The molecule has 0 aliphatic carbocycles. The first-order valence-electron chi connectivity index (χ1n) is 6.68. The van der Waals surface area contributed by atoms with Gasteiger partial charge >= 0.3 is 0 Å². The van der Waals surface area contributed by atoms with Crippen LogP contribution in [0.4, 0.5) is 0 Å². The van der Waals surface area contributed by atoms with Crippen molar-refractivity contribution in [2.75, 3.05) is 0 Å². The molecule has 0 unspecified atom stereocenters. The predicted octanol–water partition coefficient (Wildman–Crippen LogP) is 3.17. The van der Waals surface area contributed by atoms with Crippen LogP contribution in [0.1, 0.15) is 26.0 Å². The molecule has 1 heterocycles. The first kappa shape index (κ1) is 15.5. The molecule has 1 aromatic heterocycles. The molecule has 0 fully saturated rings. The summed E-state index contributed by atoms with van der Waals surface area (Å²) in [5, 5.41) is 39.0. The van der Waals surface area contributed by atoms with E-state index in [0.717, 1.165) is 12.1 Å². The molecule has 0 spiro atoms. The zero-order valence-electron chi connectivity index (χ0n) is 12.1. The number of hydrogen-bond donors (Lipinski definition) is 4. The highest BCUT2D eigenvalue weighted by Gasteiger charge is 2.21. The minimum Gasteiger partial charge on any atom is -0.508 e. The van der Waals surface area contributed by atoms with E-state index in [1.54, 1.807) is 6.92 Å². The van der Waals surface area contributed by atoms with E-state index < -0.39 is 16.9 Å². The summed E-state index contributed by atoms with van der Waals surface area (Å²) in [7, 11) is 0. The Balaban J connectivity index is 2.84. The molecule has 1 aromatic carbocycles. The van der Waals surface area contributed by atoms with Crippen LogP contribution in [-0.4, -0.2) is 20.4 Å². The largest absolute Gasteiger partial charge is 0.508 e. The highest BCUT2D eigenvalue weighted by molar-refractivity contribution is 5.88. The van der Waals surface area contributed by atoms with Gasteiger partial charge in [0, 0.05) is 12.1 Å². The Morgan fingerprint density at radius 1 is 1.27 bits per heavy atom. The molecule has 0 amide bonds. The summed E-state index contributed by atoms with van der Waals surface area (Å²) in [5.41, 5.74) is -0.808. The van der Waals surface area contributed by atoms with Crippen LogP contribution in [0.5, 0.6) is 17.2 Å². The molecule has 2 aromatic rings. The van der Waals surface area contributed by atoms with Crippen LogP contribution < -0.4 is 5.43 Å². The van der Waals surface area contributed by atoms with E-state index in [1.165, 1.54) is 12.2 Å². The summed E-state index contributed by atoms with van der Waals surface area (Å²) in [4.78, 5) is 12.2. The van der Waals surface area contributed by atoms with Gasteiger partial charge in [-0.15, -0.1) is 0 Å². The molecule has 0 saturated carbocycles. The van der Waals surface area contributed by atoms with Gasteiger partial charge in [-0.3, -0.25) is 4.79 Å². The Morgan fingerprint density at radius 2 is 1.95 bits per heavy atom. The Morgan fingerprint density at radius 3 is 2.55 bits per heavy atom. The first-order valence-corrected chi connectivity index (χ1v) is 6.68. The molecule has 0 bridgehead atoms. The van der Waals surface area contributed by atoms with Crippen molar-refractivity contribution < 1.29 is 24.8 Å². The second-order valence-corrected chi connectivity index (χ2v) is 4.65. The van der Waals surface area contributed by atoms with Gasteiger partial charge in [0.15, 0.2) is 5.76 Å². The monoisotopic (exact) mass is 304 g/mol. The highest BCUT2D eigenvalue weighted by Crippen LogP contribution is 2.34. The maximum atomic E-state index is 12.2. The van der Waals surface area contributed by atoms with Gasteiger partial charge in [0.25, 0.3) is 0 Å². The summed E-state index contributed by atoms with van der Waals surface area (Å²) in [6, 6.07) is 2.12. The van der Waals surface area contributed by atoms with Gasteiger partial charge in [0.05, 0.1) is 5.57 Å². The fraction of sp³-hybridized carbons (Fsp3) is 0.188. The third-order valence-electron chi connectivity index (χ3n) is 3.14. The van der Waals surface area contributed by atoms with Crippen LogP contribution >= 0.6 is 0 Å². The van der Waals surface area contributed by atoms with E-state index in [0.29, 0.717) is 6.42 Å². The fourth-order valence-corrected chi connectivity index (χ4v) is 2.16. The second-order valence-electron chi connectivity index (χ2n) is 4.65. The van der Waals surface area contributed by atoms with Gasteiger partial charge in [-0.05, 0) is 19.4 Å². The van der Waals surface area contributed by atoms with E-state index in [1.807, 2.05) is 6.92 Å². The predicted molar refractivity (Wildman–Crippen MR) is 82.1 cm³/mol.